The first-order valence-corrected chi connectivity index (χ1v) is 7.51. The molecule has 6 heteroatoms. The Morgan fingerprint density at radius 1 is 1.44 bits per heavy atom. The van der Waals surface area contributed by atoms with Gasteiger partial charge in [0.15, 0.2) is 9.84 Å². The molecule has 2 rings (SSSR count). The number of anilines is 1. The van der Waals surface area contributed by atoms with Gasteiger partial charge in [-0.3, -0.25) is 4.79 Å². The zero-order valence-electron chi connectivity index (χ0n) is 10.0. The van der Waals surface area contributed by atoms with E-state index in [-0.39, 0.29) is 23.2 Å². The Hall–Kier alpha value is -1.56. The summed E-state index contributed by atoms with van der Waals surface area (Å²) in [5, 5.41) is 12.2. The fourth-order valence-electron chi connectivity index (χ4n) is 2.00. The number of phenols is 1. The van der Waals surface area contributed by atoms with Gasteiger partial charge in [-0.05, 0) is 25.5 Å². The van der Waals surface area contributed by atoms with E-state index in [1.54, 1.807) is 19.1 Å². The Balaban J connectivity index is 2.11. The van der Waals surface area contributed by atoms with Gasteiger partial charge in [0.05, 0.1) is 17.4 Å². The van der Waals surface area contributed by atoms with Crippen molar-refractivity contribution in [3.63, 3.8) is 0 Å². The maximum atomic E-state index is 11.9. The van der Waals surface area contributed by atoms with Gasteiger partial charge in [0.1, 0.15) is 5.75 Å². The van der Waals surface area contributed by atoms with Crippen molar-refractivity contribution in [1.82, 2.24) is 0 Å². The van der Waals surface area contributed by atoms with Crippen LogP contribution in [0.25, 0.3) is 0 Å². The van der Waals surface area contributed by atoms with E-state index in [0.29, 0.717) is 17.7 Å². The zero-order chi connectivity index (χ0) is 13.3. The summed E-state index contributed by atoms with van der Waals surface area (Å²) in [5.74, 6) is -0.700. The first-order chi connectivity index (χ1) is 8.39. The van der Waals surface area contributed by atoms with Crippen molar-refractivity contribution in [3.8, 4) is 5.75 Å². The van der Waals surface area contributed by atoms with Gasteiger partial charge in [0.25, 0.3) is 0 Å². The van der Waals surface area contributed by atoms with Gasteiger partial charge in [-0.15, -0.1) is 0 Å². The highest BCUT2D eigenvalue weighted by atomic mass is 32.2. The van der Waals surface area contributed by atoms with Crippen LogP contribution < -0.4 is 5.32 Å². The van der Waals surface area contributed by atoms with E-state index in [2.05, 4.69) is 5.32 Å². The molecule has 98 valence electrons. The molecule has 1 aliphatic heterocycles. The van der Waals surface area contributed by atoms with Crippen LogP contribution in [-0.4, -0.2) is 30.9 Å². The minimum atomic E-state index is -3.06. The fraction of sp³-hybridized carbons (Fsp3) is 0.417. The number of phenolic OH excluding ortho intramolecular Hbond substituents is 1. The number of rotatable bonds is 2. The van der Waals surface area contributed by atoms with Crippen molar-refractivity contribution in [1.29, 1.82) is 0 Å². The van der Waals surface area contributed by atoms with E-state index >= 15 is 0 Å². The molecule has 0 aliphatic carbocycles. The third kappa shape index (κ3) is 2.64. The minimum Gasteiger partial charge on any atom is -0.508 e. The van der Waals surface area contributed by atoms with E-state index < -0.39 is 15.8 Å². The highest BCUT2D eigenvalue weighted by molar-refractivity contribution is 7.91. The molecule has 1 aromatic rings. The smallest absolute Gasteiger partial charge is 0.228 e. The molecule has 2 N–H and O–H groups in total. The average Bonchev–Trinajstić information content (AvgIpc) is 2.65. The molecular weight excluding hydrogens is 254 g/mol. The Kier molecular flexibility index (Phi) is 3.30. The Bertz CT molecular complexity index is 580. The normalized spacial score (nSPS) is 21.7. The molecule has 5 nitrogen and oxygen atoms in total. The average molecular weight is 269 g/mol. The van der Waals surface area contributed by atoms with Crippen molar-refractivity contribution in [2.45, 2.75) is 13.3 Å². The minimum absolute atomic E-state index is 0.0735. The second-order valence-electron chi connectivity index (χ2n) is 4.54. The quantitative estimate of drug-likeness (QED) is 0.841. The number of aromatic hydroxyl groups is 1. The second kappa shape index (κ2) is 4.61. The third-order valence-electron chi connectivity index (χ3n) is 3.17. The lowest BCUT2D eigenvalue weighted by molar-refractivity contribution is -0.119. The van der Waals surface area contributed by atoms with E-state index in [0.717, 1.165) is 0 Å². The predicted octanol–water partition coefficient (Wildman–Crippen LogP) is 1.07. The van der Waals surface area contributed by atoms with Gasteiger partial charge in [0, 0.05) is 11.3 Å². The summed E-state index contributed by atoms with van der Waals surface area (Å²) in [6.45, 7) is 1.69. The molecule has 1 heterocycles. The molecule has 18 heavy (non-hydrogen) atoms. The van der Waals surface area contributed by atoms with Crippen LogP contribution in [0.2, 0.25) is 0 Å². The highest BCUT2D eigenvalue weighted by Crippen LogP contribution is 2.26. The van der Waals surface area contributed by atoms with Crippen molar-refractivity contribution < 1.29 is 18.3 Å². The summed E-state index contributed by atoms with van der Waals surface area (Å²) in [4.78, 5) is 11.9. The van der Waals surface area contributed by atoms with Crippen LogP contribution in [0.15, 0.2) is 18.2 Å². The van der Waals surface area contributed by atoms with Gasteiger partial charge in [0.2, 0.25) is 5.91 Å². The molecule has 1 amide bonds. The van der Waals surface area contributed by atoms with Gasteiger partial charge < -0.3 is 10.4 Å². The Morgan fingerprint density at radius 2 is 2.17 bits per heavy atom. The largest absolute Gasteiger partial charge is 0.508 e. The first kappa shape index (κ1) is 12.9. The predicted molar refractivity (Wildman–Crippen MR) is 68.2 cm³/mol. The number of hydrogen-bond acceptors (Lipinski definition) is 4. The van der Waals surface area contributed by atoms with Crippen LogP contribution in [0, 0.1) is 12.8 Å². The SMILES string of the molecule is Cc1c(O)cccc1NC(=O)C1CCS(=O)(=O)C1. The lowest BCUT2D eigenvalue weighted by Gasteiger charge is -2.12. The third-order valence-corrected chi connectivity index (χ3v) is 4.93. The standard InChI is InChI=1S/C12H15NO4S/c1-8-10(3-2-4-11(8)14)13-12(15)9-5-6-18(16,17)7-9/h2-4,9,14H,5-7H2,1H3,(H,13,15). The molecule has 0 aromatic heterocycles. The lowest BCUT2D eigenvalue weighted by atomic mass is 10.1. The topological polar surface area (TPSA) is 83.5 Å². The molecule has 0 radical (unpaired) electrons. The Labute approximate surface area is 106 Å². The van der Waals surface area contributed by atoms with Crippen LogP contribution >= 0.6 is 0 Å². The molecule has 0 saturated carbocycles. The molecule has 1 saturated heterocycles. The molecule has 0 spiro atoms. The van der Waals surface area contributed by atoms with E-state index in [9.17, 15) is 18.3 Å². The number of hydrogen-bond donors (Lipinski definition) is 2. The molecule has 1 unspecified atom stereocenters. The number of sulfone groups is 1. The fourth-order valence-corrected chi connectivity index (χ4v) is 3.74. The first-order valence-electron chi connectivity index (χ1n) is 5.69. The van der Waals surface area contributed by atoms with Crippen LogP contribution in [0.4, 0.5) is 5.69 Å². The summed E-state index contributed by atoms with van der Waals surface area (Å²) < 4.78 is 22.6. The van der Waals surface area contributed by atoms with E-state index in [1.807, 2.05) is 0 Å². The molecule has 0 bridgehead atoms. The van der Waals surface area contributed by atoms with Gasteiger partial charge in [-0.1, -0.05) is 6.07 Å². The summed E-state index contributed by atoms with van der Waals surface area (Å²) in [7, 11) is -3.06. The summed E-state index contributed by atoms with van der Waals surface area (Å²) in [6.07, 6.45) is 0.367. The number of benzene rings is 1. The zero-order valence-corrected chi connectivity index (χ0v) is 10.8. The maximum Gasteiger partial charge on any atom is 0.228 e. The van der Waals surface area contributed by atoms with Gasteiger partial charge >= 0.3 is 0 Å². The second-order valence-corrected chi connectivity index (χ2v) is 6.77. The van der Waals surface area contributed by atoms with E-state index in [1.165, 1.54) is 6.07 Å². The van der Waals surface area contributed by atoms with Crippen molar-refractivity contribution in [2.24, 2.45) is 5.92 Å². The molecule has 1 fully saturated rings. The van der Waals surface area contributed by atoms with Gasteiger partial charge in [-0.2, -0.15) is 0 Å². The van der Waals surface area contributed by atoms with Crippen molar-refractivity contribution in [2.75, 3.05) is 16.8 Å². The van der Waals surface area contributed by atoms with E-state index in [4.69, 9.17) is 0 Å². The van der Waals surface area contributed by atoms with Crippen LogP contribution in [-0.2, 0) is 14.6 Å². The van der Waals surface area contributed by atoms with Crippen LogP contribution in [0.3, 0.4) is 0 Å². The van der Waals surface area contributed by atoms with Crippen LogP contribution in [0.1, 0.15) is 12.0 Å². The summed E-state index contributed by atoms with van der Waals surface area (Å²) >= 11 is 0. The highest BCUT2D eigenvalue weighted by Gasteiger charge is 2.33. The summed E-state index contributed by atoms with van der Waals surface area (Å²) in [6, 6.07) is 4.84. The number of nitrogens with one attached hydrogen (secondary N) is 1. The monoisotopic (exact) mass is 269 g/mol. The summed E-state index contributed by atoms with van der Waals surface area (Å²) in [5.41, 5.74) is 1.09. The maximum absolute atomic E-state index is 11.9. The number of carbonyl (C=O) groups excluding carboxylic acids is 1. The number of carbonyl (C=O) groups is 1. The van der Waals surface area contributed by atoms with Crippen molar-refractivity contribution >= 4 is 21.4 Å². The molecular formula is C12H15NO4S. The lowest BCUT2D eigenvalue weighted by Crippen LogP contribution is -2.24. The molecule has 1 atom stereocenters. The van der Waals surface area contributed by atoms with Crippen molar-refractivity contribution in [3.05, 3.63) is 23.8 Å². The van der Waals surface area contributed by atoms with Crippen LogP contribution in [0.5, 0.6) is 5.75 Å². The van der Waals surface area contributed by atoms with Gasteiger partial charge in [-0.25, -0.2) is 8.42 Å². The number of amides is 1. The Morgan fingerprint density at radius 3 is 2.78 bits per heavy atom. The molecule has 1 aliphatic rings. The molecule has 1 aromatic carbocycles.